The fourth-order valence-electron chi connectivity index (χ4n) is 4.30. The maximum atomic E-state index is 11.7. The van der Waals surface area contributed by atoms with Crippen molar-refractivity contribution in [2.75, 3.05) is 20.3 Å². The Morgan fingerprint density at radius 2 is 1.75 bits per heavy atom. The van der Waals surface area contributed by atoms with Crippen molar-refractivity contribution >= 4 is 22.8 Å². The van der Waals surface area contributed by atoms with E-state index in [2.05, 4.69) is 29.6 Å². The van der Waals surface area contributed by atoms with E-state index in [1.807, 2.05) is 48.5 Å². The van der Waals surface area contributed by atoms with Gasteiger partial charge < -0.3 is 14.8 Å². The van der Waals surface area contributed by atoms with Crippen LogP contribution in [0.2, 0.25) is 0 Å². The lowest BCUT2D eigenvalue weighted by Crippen LogP contribution is -2.28. The van der Waals surface area contributed by atoms with E-state index in [0.29, 0.717) is 18.2 Å². The fourth-order valence-corrected chi connectivity index (χ4v) is 4.30. The lowest BCUT2D eigenvalue weighted by molar-refractivity contribution is 0.0600. The summed E-state index contributed by atoms with van der Waals surface area (Å²) in [6.07, 6.45) is 8.18. The molecule has 166 valence electrons. The molecule has 0 unspecified atom stereocenters. The minimum absolute atomic E-state index is 0.313. The molecule has 32 heavy (non-hydrogen) atoms. The highest BCUT2D eigenvalue weighted by Gasteiger charge is 2.14. The summed E-state index contributed by atoms with van der Waals surface area (Å²) in [5, 5.41) is 6.05. The number of hydrogen-bond donors (Lipinski definition) is 1. The summed E-state index contributed by atoms with van der Waals surface area (Å²) in [4.78, 5) is 11.7. The van der Waals surface area contributed by atoms with Gasteiger partial charge in [-0.15, -0.1) is 0 Å². The molecule has 4 rings (SSSR count). The number of esters is 1. The van der Waals surface area contributed by atoms with Gasteiger partial charge in [0.2, 0.25) is 0 Å². The number of fused-ring (bicyclic) bond motifs is 1. The minimum atomic E-state index is -0.313. The van der Waals surface area contributed by atoms with Crippen LogP contribution in [0.25, 0.3) is 16.8 Å². The zero-order valence-electron chi connectivity index (χ0n) is 18.7. The Labute approximate surface area is 190 Å². The van der Waals surface area contributed by atoms with Gasteiger partial charge in [-0.05, 0) is 42.0 Å². The van der Waals surface area contributed by atoms with E-state index in [-0.39, 0.29) is 5.97 Å². The number of carbonyl (C=O) groups excluding carboxylic acids is 1. The summed E-state index contributed by atoms with van der Waals surface area (Å²) in [5.41, 5.74) is 2.93. The number of benzene rings is 3. The van der Waals surface area contributed by atoms with Crippen LogP contribution >= 0.6 is 0 Å². The van der Waals surface area contributed by atoms with Gasteiger partial charge in [-0.25, -0.2) is 4.79 Å². The molecule has 3 aromatic carbocycles. The number of hydrogen-bond acceptors (Lipinski definition) is 4. The van der Waals surface area contributed by atoms with E-state index >= 15 is 0 Å². The van der Waals surface area contributed by atoms with Crippen molar-refractivity contribution in [2.24, 2.45) is 0 Å². The van der Waals surface area contributed by atoms with Gasteiger partial charge >= 0.3 is 5.97 Å². The van der Waals surface area contributed by atoms with Gasteiger partial charge in [0.15, 0.2) is 0 Å². The molecule has 0 heterocycles. The van der Waals surface area contributed by atoms with Crippen LogP contribution in [0.1, 0.15) is 48.0 Å². The van der Waals surface area contributed by atoms with E-state index in [9.17, 15) is 4.79 Å². The molecule has 0 bridgehead atoms. The van der Waals surface area contributed by atoms with Crippen molar-refractivity contribution in [3.63, 3.8) is 0 Å². The Hall–Kier alpha value is -3.11. The predicted octanol–water partition coefficient (Wildman–Crippen LogP) is 6.01. The number of ether oxygens (including phenoxy) is 2. The van der Waals surface area contributed by atoms with Crippen LogP contribution in [0.5, 0.6) is 5.75 Å². The minimum Gasteiger partial charge on any atom is -0.493 e. The molecule has 1 aliphatic carbocycles. The maximum Gasteiger partial charge on any atom is 0.337 e. The molecule has 3 aromatic rings. The van der Waals surface area contributed by atoms with Gasteiger partial charge in [-0.1, -0.05) is 73.0 Å². The van der Waals surface area contributed by atoms with Gasteiger partial charge in [-0.2, -0.15) is 0 Å². The van der Waals surface area contributed by atoms with Crippen LogP contribution in [-0.4, -0.2) is 32.3 Å². The van der Waals surface area contributed by atoms with Gasteiger partial charge in [0, 0.05) is 24.4 Å². The predicted molar refractivity (Wildman–Crippen MR) is 130 cm³/mol. The highest BCUT2D eigenvalue weighted by Crippen LogP contribution is 2.26. The standard InChI is InChI=1S/C28H31NO3/c1-31-28(30)24-15-13-21(14-16-24)19-22(20-29-25-9-3-4-10-25)17-18-32-27-12-6-8-23-7-2-5-11-26(23)27/h2,5-8,11-16,19,25,29H,3-4,9-10,17-18,20H2,1H3. The smallest absolute Gasteiger partial charge is 0.337 e. The lowest BCUT2D eigenvalue weighted by Gasteiger charge is -2.16. The number of nitrogens with one attached hydrogen (secondary N) is 1. The second-order valence-corrected chi connectivity index (χ2v) is 8.35. The van der Waals surface area contributed by atoms with Crippen molar-refractivity contribution in [1.29, 1.82) is 0 Å². The summed E-state index contributed by atoms with van der Waals surface area (Å²) in [6.45, 7) is 1.47. The van der Waals surface area contributed by atoms with E-state index in [1.165, 1.54) is 43.8 Å². The second kappa shape index (κ2) is 11.0. The van der Waals surface area contributed by atoms with Crippen molar-refractivity contribution in [1.82, 2.24) is 5.32 Å². The number of methoxy groups -OCH3 is 1. The van der Waals surface area contributed by atoms with Gasteiger partial charge in [-0.3, -0.25) is 0 Å². The molecule has 0 radical (unpaired) electrons. The molecule has 0 atom stereocenters. The van der Waals surface area contributed by atoms with E-state index < -0.39 is 0 Å². The van der Waals surface area contributed by atoms with Crippen LogP contribution in [0.15, 0.2) is 72.3 Å². The molecule has 0 saturated heterocycles. The average molecular weight is 430 g/mol. The third kappa shape index (κ3) is 5.77. The SMILES string of the molecule is COC(=O)c1ccc(C=C(CCOc2cccc3ccccc23)CNC2CCCC2)cc1. The lowest BCUT2D eigenvalue weighted by atomic mass is 10.1. The number of carbonyl (C=O) groups is 1. The molecule has 1 fully saturated rings. The summed E-state index contributed by atoms with van der Waals surface area (Å²) >= 11 is 0. The number of rotatable bonds is 9. The van der Waals surface area contributed by atoms with E-state index in [1.54, 1.807) is 0 Å². The Bertz CT molecular complexity index is 1060. The zero-order chi connectivity index (χ0) is 22.2. The largest absolute Gasteiger partial charge is 0.493 e. The monoisotopic (exact) mass is 429 g/mol. The first-order valence-electron chi connectivity index (χ1n) is 11.4. The second-order valence-electron chi connectivity index (χ2n) is 8.35. The van der Waals surface area contributed by atoms with Crippen LogP contribution < -0.4 is 10.1 Å². The van der Waals surface area contributed by atoms with Gasteiger partial charge in [0.05, 0.1) is 19.3 Å². The van der Waals surface area contributed by atoms with Gasteiger partial charge in [0.1, 0.15) is 5.75 Å². The zero-order valence-corrected chi connectivity index (χ0v) is 18.7. The Balaban J connectivity index is 1.44. The van der Waals surface area contributed by atoms with Crippen molar-refractivity contribution in [3.8, 4) is 5.75 Å². The average Bonchev–Trinajstić information content (AvgIpc) is 3.36. The molecule has 0 aliphatic heterocycles. The highest BCUT2D eigenvalue weighted by atomic mass is 16.5. The molecule has 1 aliphatic rings. The first kappa shape index (κ1) is 22.1. The van der Waals surface area contributed by atoms with Crippen molar-refractivity contribution in [3.05, 3.63) is 83.4 Å². The normalized spacial score (nSPS) is 14.6. The topological polar surface area (TPSA) is 47.6 Å². The third-order valence-electron chi connectivity index (χ3n) is 6.11. The quantitative estimate of drug-likeness (QED) is 0.423. The molecular formula is C28H31NO3. The Morgan fingerprint density at radius 3 is 2.53 bits per heavy atom. The fraction of sp³-hybridized carbons (Fsp3) is 0.321. The van der Waals surface area contributed by atoms with Crippen LogP contribution in [0, 0.1) is 0 Å². The van der Waals surface area contributed by atoms with Gasteiger partial charge in [0.25, 0.3) is 0 Å². The summed E-state index contributed by atoms with van der Waals surface area (Å²) in [7, 11) is 1.40. The maximum absolute atomic E-state index is 11.7. The summed E-state index contributed by atoms with van der Waals surface area (Å²) < 4.78 is 11.0. The first-order chi connectivity index (χ1) is 15.7. The van der Waals surface area contributed by atoms with Crippen LogP contribution in [-0.2, 0) is 4.74 Å². The molecule has 1 saturated carbocycles. The molecule has 1 N–H and O–H groups in total. The molecule has 0 amide bonds. The van der Waals surface area contributed by atoms with Crippen LogP contribution in [0.3, 0.4) is 0 Å². The first-order valence-corrected chi connectivity index (χ1v) is 11.4. The molecule has 0 aromatic heterocycles. The Kier molecular flexibility index (Phi) is 7.57. The Morgan fingerprint density at radius 1 is 1.00 bits per heavy atom. The molecule has 4 heteroatoms. The third-order valence-corrected chi connectivity index (χ3v) is 6.11. The van der Waals surface area contributed by atoms with Crippen molar-refractivity contribution in [2.45, 2.75) is 38.1 Å². The van der Waals surface area contributed by atoms with E-state index in [4.69, 9.17) is 9.47 Å². The summed E-state index contributed by atoms with van der Waals surface area (Å²) in [6, 6.07) is 22.7. The molecule has 0 spiro atoms. The van der Waals surface area contributed by atoms with E-state index in [0.717, 1.165) is 29.7 Å². The van der Waals surface area contributed by atoms with Crippen molar-refractivity contribution < 1.29 is 14.3 Å². The summed E-state index contributed by atoms with van der Waals surface area (Å²) in [5.74, 6) is 0.612. The molecule has 4 nitrogen and oxygen atoms in total. The highest BCUT2D eigenvalue weighted by molar-refractivity contribution is 5.89. The molecular weight excluding hydrogens is 398 g/mol. The van der Waals surface area contributed by atoms with Crippen LogP contribution in [0.4, 0.5) is 0 Å².